The highest BCUT2D eigenvalue weighted by Crippen LogP contribution is 2.44. The van der Waals surface area contributed by atoms with Crippen LogP contribution < -0.4 is 11.1 Å². The van der Waals surface area contributed by atoms with Crippen molar-refractivity contribution in [2.75, 3.05) is 6.54 Å². The molecule has 1 saturated carbocycles. The lowest BCUT2D eigenvalue weighted by atomic mass is 10.1. The molecule has 0 heterocycles. The van der Waals surface area contributed by atoms with E-state index < -0.39 is 0 Å². The summed E-state index contributed by atoms with van der Waals surface area (Å²) in [4.78, 5) is 11.4. The van der Waals surface area contributed by atoms with Crippen molar-refractivity contribution in [3.8, 4) is 0 Å². The first-order valence-electron chi connectivity index (χ1n) is 4.41. The van der Waals surface area contributed by atoms with Crippen molar-refractivity contribution < 1.29 is 4.79 Å². The fourth-order valence-corrected chi connectivity index (χ4v) is 0.936. The van der Waals surface area contributed by atoms with Gasteiger partial charge in [0.25, 0.3) is 0 Å². The summed E-state index contributed by atoms with van der Waals surface area (Å²) >= 11 is 0. The van der Waals surface area contributed by atoms with Gasteiger partial charge in [0.2, 0.25) is 5.91 Å². The maximum absolute atomic E-state index is 11.4. The van der Waals surface area contributed by atoms with Gasteiger partial charge < -0.3 is 11.1 Å². The molecular formula is C9H18N2O. The predicted octanol–water partition coefficient (Wildman–Crippen LogP) is 0.640. The number of carbonyl (C=O) groups excluding carboxylic acids is 1. The zero-order valence-corrected chi connectivity index (χ0v) is 8.11. The SMILES string of the molecule is CC(C)(N)CNC(=O)C1(C)CC1. The number of carbonyl (C=O) groups is 1. The summed E-state index contributed by atoms with van der Waals surface area (Å²) in [5.41, 5.74) is 5.35. The van der Waals surface area contributed by atoms with Gasteiger partial charge in [-0.2, -0.15) is 0 Å². The highest BCUT2D eigenvalue weighted by Gasteiger charge is 2.44. The Hall–Kier alpha value is -0.570. The van der Waals surface area contributed by atoms with Crippen molar-refractivity contribution >= 4 is 5.91 Å². The Kier molecular flexibility index (Phi) is 2.17. The van der Waals surface area contributed by atoms with E-state index in [0.717, 1.165) is 12.8 Å². The Morgan fingerprint density at radius 1 is 1.58 bits per heavy atom. The molecule has 0 aromatic carbocycles. The number of hydrogen-bond donors (Lipinski definition) is 2. The molecule has 0 aliphatic heterocycles. The number of nitrogens with one attached hydrogen (secondary N) is 1. The normalized spacial score (nSPS) is 20.3. The van der Waals surface area contributed by atoms with E-state index in [1.807, 2.05) is 20.8 Å². The van der Waals surface area contributed by atoms with Gasteiger partial charge in [0.15, 0.2) is 0 Å². The average Bonchev–Trinajstić information content (AvgIpc) is 2.62. The molecule has 1 fully saturated rings. The molecular weight excluding hydrogens is 152 g/mol. The maximum Gasteiger partial charge on any atom is 0.226 e. The molecule has 0 saturated heterocycles. The molecule has 0 radical (unpaired) electrons. The molecule has 0 aromatic heterocycles. The Morgan fingerprint density at radius 2 is 2.08 bits per heavy atom. The quantitative estimate of drug-likeness (QED) is 0.653. The van der Waals surface area contributed by atoms with Gasteiger partial charge in [-0.15, -0.1) is 0 Å². The Morgan fingerprint density at radius 3 is 2.42 bits per heavy atom. The minimum atomic E-state index is -0.305. The highest BCUT2D eigenvalue weighted by molar-refractivity contribution is 5.84. The van der Waals surface area contributed by atoms with Crippen molar-refractivity contribution in [2.24, 2.45) is 11.1 Å². The highest BCUT2D eigenvalue weighted by atomic mass is 16.2. The third kappa shape index (κ3) is 2.48. The third-order valence-electron chi connectivity index (χ3n) is 2.25. The number of rotatable bonds is 3. The molecule has 3 N–H and O–H groups in total. The van der Waals surface area contributed by atoms with Crippen LogP contribution in [0.4, 0.5) is 0 Å². The first kappa shape index (κ1) is 9.52. The minimum Gasteiger partial charge on any atom is -0.354 e. The summed E-state index contributed by atoms with van der Waals surface area (Å²) in [6.45, 7) is 6.36. The molecule has 0 spiro atoms. The number of amides is 1. The average molecular weight is 170 g/mol. The zero-order valence-electron chi connectivity index (χ0n) is 8.11. The molecule has 0 atom stereocenters. The lowest BCUT2D eigenvalue weighted by Crippen LogP contribution is -2.46. The van der Waals surface area contributed by atoms with Gasteiger partial charge in [-0.1, -0.05) is 6.92 Å². The topological polar surface area (TPSA) is 55.1 Å². The molecule has 3 heteroatoms. The summed E-state index contributed by atoms with van der Waals surface area (Å²) in [6.07, 6.45) is 2.04. The van der Waals surface area contributed by atoms with Crippen LogP contribution in [-0.2, 0) is 4.79 Å². The Balaban J connectivity index is 2.29. The number of nitrogens with two attached hydrogens (primary N) is 1. The summed E-state index contributed by atoms with van der Waals surface area (Å²) in [5, 5.41) is 2.86. The third-order valence-corrected chi connectivity index (χ3v) is 2.25. The molecule has 1 aliphatic rings. The molecule has 70 valence electrons. The van der Waals surface area contributed by atoms with Crippen LogP contribution in [0.1, 0.15) is 33.6 Å². The van der Waals surface area contributed by atoms with Crippen LogP contribution in [0.3, 0.4) is 0 Å². The summed E-state index contributed by atoms with van der Waals surface area (Å²) in [5.74, 6) is 0.154. The molecule has 1 aliphatic carbocycles. The van der Waals surface area contributed by atoms with Gasteiger partial charge in [-0.3, -0.25) is 4.79 Å². The van der Waals surface area contributed by atoms with Crippen LogP contribution in [0.25, 0.3) is 0 Å². The van der Waals surface area contributed by atoms with Crippen molar-refractivity contribution in [3.05, 3.63) is 0 Å². The zero-order chi connectivity index (χ0) is 9.41. The molecule has 1 rings (SSSR count). The van der Waals surface area contributed by atoms with Crippen LogP contribution in [0.2, 0.25) is 0 Å². The van der Waals surface area contributed by atoms with E-state index in [1.54, 1.807) is 0 Å². The lowest BCUT2D eigenvalue weighted by Gasteiger charge is -2.20. The Labute approximate surface area is 73.7 Å². The van der Waals surface area contributed by atoms with Crippen LogP contribution in [-0.4, -0.2) is 18.0 Å². The minimum absolute atomic E-state index is 0.0781. The summed E-state index contributed by atoms with van der Waals surface area (Å²) in [6, 6.07) is 0. The summed E-state index contributed by atoms with van der Waals surface area (Å²) in [7, 11) is 0. The van der Waals surface area contributed by atoms with Crippen LogP contribution >= 0.6 is 0 Å². The van der Waals surface area contributed by atoms with E-state index in [9.17, 15) is 4.79 Å². The first-order valence-corrected chi connectivity index (χ1v) is 4.41. The second-order valence-electron chi connectivity index (χ2n) is 4.73. The van der Waals surface area contributed by atoms with E-state index in [2.05, 4.69) is 5.32 Å². The van der Waals surface area contributed by atoms with E-state index in [0.29, 0.717) is 6.54 Å². The standard InChI is InChI=1S/C9H18N2O/c1-8(2,10)6-11-7(12)9(3)4-5-9/h4-6,10H2,1-3H3,(H,11,12). The van der Waals surface area contributed by atoms with E-state index in [-0.39, 0.29) is 16.9 Å². The molecule has 3 nitrogen and oxygen atoms in total. The molecule has 1 amide bonds. The molecule has 12 heavy (non-hydrogen) atoms. The van der Waals surface area contributed by atoms with Crippen molar-refractivity contribution in [2.45, 2.75) is 39.2 Å². The van der Waals surface area contributed by atoms with E-state index >= 15 is 0 Å². The second kappa shape index (κ2) is 2.73. The maximum atomic E-state index is 11.4. The number of hydrogen-bond acceptors (Lipinski definition) is 2. The van der Waals surface area contributed by atoms with Gasteiger partial charge in [0.1, 0.15) is 0 Å². The van der Waals surface area contributed by atoms with Crippen LogP contribution in [0, 0.1) is 5.41 Å². The monoisotopic (exact) mass is 170 g/mol. The van der Waals surface area contributed by atoms with E-state index in [4.69, 9.17) is 5.73 Å². The van der Waals surface area contributed by atoms with Crippen molar-refractivity contribution in [1.29, 1.82) is 0 Å². The molecule has 0 bridgehead atoms. The fourth-order valence-electron chi connectivity index (χ4n) is 0.936. The van der Waals surface area contributed by atoms with Crippen molar-refractivity contribution in [1.82, 2.24) is 5.32 Å². The van der Waals surface area contributed by atoms with Gasteiger partial charge in [-0.05, 0) is 26.7 Å². The van der Waals surface area contributed by atoms with Gasteiger partial charge in [-0.25, -0.2) is 0 Å². The van der Waals surface area contributed by atoms with Crippen LogP contribution in [0.5, 0.6) is 0 Å². The predicted molar refractivity (Wildman–Crippen MR) is 48.6 cm³/mol. The van der Waals surface area contributed by atoms with E-state index in [1.165, 1.54) is 0 Å². The van der Waals surface area contributed by atoms with Gasteiger partial charge in [0.05, 0.1) is 0 Å². The fraction of sp³-hybridized carbons (Fsp3) is 0.889. The van der Waals surface area contributed by atoms with Crippen LogP contribution in [0.15, 0.2) is 0 Å². The Bertz CT molecular complexity index is 189. The lowest BCUT2D eigenvalue weighted by molar-refractivity contribution is -0.125. The summed E-state index contributed by atoms with van der Waals surface area (Å²) < 4.78 is 0. The van der Waals surface area contributed by atoms with Gasteiger partial charge in [0, 0.05) is 17.5 Å². The van der Waals surface area contributed by atoms with Gasteiger partial charge >= 0.3 is 0 Å². The first-order chi connectivity index (χ1) is 5.33. The molecule has 0 aromatic rings. The smallest absolute Gasteiger partial charge is 0.226 e. The van der Waals surface area contributed by atoms with Crippen molar-refractivity contribution in [3.63, 3.8) is 0 Å². The largest absolute Gasteiger partial charge is 0.354 e. The molecule has 0 unspecified atom stereocenters. The second-order valence-corrected chi connectivity index (χ2v) is 4.73.